The fraction of sp³-hybridized carbons (Fsp3) is 0.632. The van der Waals surface area contributed by atoms with E-state index in [0.29, 0.717) is 24.4 Å². The minimum Gasteiger partial charge on any atom is -0.496 e. The van der Waals surface area contributed by atoms with Gasteiger partial charge in [0.1, 0.15) is 5.75 Å². The number of carbonyl (C=O) groups is 1. The van der Waals surface area contributed by atoms with Gasteiger partial charge in [-0.1, -0.05) is 18.6 Å². The van der Waals surface area contributed by atoms with E-state index in [2.05, 4.69) is 5.32 Å². The van der Waals surface area contributed by atoms with Crippen LogP contribution in [0.25, 0.3) is 0 Å². The van der Waals surface area contributed by atoms with Gasteiger partial charge < -0.3 is 15.8 Å². The zero-order chi connectivity index (χ0) is 16.4. The number of benzene rings is 1. The second-order valence-electron chi connectivity index (χ2n) is 7.23. The van der Waals surface area contributed by atoms with Gasteiger partial charge in [-0.2, -0.15) is 0 Å². The van der Waals surface area contributed by atoms with E-state index < -0.39 is 0 Å². The molecule has 0 heterocycles. The molecule has 2 aliphatic carbocycles. The second-order valence-corrected chi connectivity index (χ2v) is 7.23. The van der Waals surface area contributed by atoms with Gasteiger partial charge in [-0.25, -0.2) is 0 Å². The summed E-state index contributed by atoms with van der Waals surface area (Å²) >= 11 is 0. The van der Waals surface area contributed by atoms with E-state index in [9.17, 15) is 4.79 Å². The molecule has 2 saturated carbocycles. The molecular formula is C19H28N2O2. The Hall–Kier alpha value is -1.55. The summed E-state index contributed by atoms with van der Waals surface area (Å²) in [5.74, 6) is 2.21. The lowest BCUT2D eigenvalue weighted by molar-refractivity contribution is -0.128. The van der Waals surface area contributed by atoms with Gasteiger partial charge in [-0.05, 0) is 56.1 Å². The van der Waals surface area contributed by atoms with Crippen molar-refractivity contribution in [1.82, 2.24) is 5.32 Å². The highest BCUT2D eigenvalue weighted by Gasteiger charge is 2.40. The lowest BCUT2D eigenvalue weighted by Crippen LogP contribution is -2.49. The molecule has 4 heteroatoms. The number of carbonyl (C=O) groups excluding carboxylic acids is 1. The standard InChI is InChI=1S/C19H28N2O2/c1-12-6-7-15(17(8-12)23-2)11-21-19(22)16-9-13-4-3-5-14(10-16)18(13)20/h6-8,13-14,16,18H,3-5,9-11,20H2,1-2H3,(H,21,22). The molecule has 3 N–H and O–H groups in total. The number of hydrogen-bond donors (Lipinski definition) is 2. The maximum atomic E-state index is 12.6. The Bertz CT molecular complexity index is 558. The normalized spacial score (nSPS) is 29.9. The summed E-state index contributed by atoms with van der Waals surface area (Å²) in [6.45, 7) is 2.56. The van der Waals surface area contributed by atoms with E-state index in [1.54, 1.807) is 7.11 Å². The quantitative estimate of drug-likeness (QED) is 0.898. The number of ether oxygens (including phenoxy) is 1. The molecule has 0 radical (unpaired) electrons. The molecule has 3 rings (SSSR count). The number of aryl methyl sites for hydroxylation is 1. The van der Waals surface area contributed by atoms with Crippen LogP contribution >= 0.6 is 0 Å². The first-order valence-corrected chi connectivity index (χ1v) is 8.75. The molecule has 2 atom stereocenters. The van der Waals surface area contributed by atoms with Crippen LogP contribution in [0.1, 0.15) is 43.2 Å². The van der Waals surface area contributed by atoms with Crippen molar-refractivity contribution in [2.45, 2.75) is 51.6 Å². The molecule has 2 fully saturated rings. The Morgan fingerprint density at radius 2 is 2.00 bits per heavy atom. The van der Waals surface area contributed by atoms with Gasteiger partial charge in [0.25, 0.3) is 0 Å². The van der Waals surface area contributed by atoms with Gasteiger partial charge in [0, 0.05) is 24.1 Å². The number of nitrogens with one attached hydrogen (secondary N) is 1. The number of hydrogen-bond acceptors (Lipinski definition) is 3. The Labute approximate surface area is 138 Å². The predicted molar refractivity (Wildman–Crippen MR) is 91.1 cm³/mol. The van der Waals surface area contributed by atoms with Crippen molar-refractivity contribution in [3.63, 3.8) is 0 Å². The molecule has 1 aromatic carbocycles. The van der Waals surface area contributed by atoms with E-state index in [0.717, 1.165) is 29.7 Å². The van der Waals surface area contributed by atoms with Crippen LogP contribution in [0.15, 0.2) is 18.2 Å². The zero-order valence-electron chi connectivity index (χ0n) is 14.2. The first-order valence-electron chi connectivity index (χ1n) is 8.75. The Kier molecular flexibility index (Phi) is 4.90. The number of fused-ring (bicyclic) bond motifs is 2. The van der Waals surface area contributed by atoms with Gasteiger partial charge in [-0.15, -0.1) is 0 Å². The Balaban J connectivity index is 1.60. The maximum absolute atomic E-state index is 12.6. The first kappa shape index (κ1) is 16.3. The van der Waals surface area contributed by atoms with E-state index in [1.165, 1.54) is 19.3 Å². The first-order chi connectivity index (χ1) is 11.1. The van der Waals surface area contributed by atoms with E-state index >= 15 is 0 Å². The zero-order valence-corrected chi connectivity index (χ0v) is 14.2. The minimum atomic E-state index is 0.126. The summed E-state index contributed by atoms with van der Waals surface area (Å²) in [4.78, 5) is 12.6. The summed E-state index contributed by atoms with van der Waals surface area (Å²) in [6.07, 6.45) is 5.56. The average Bonchev–Trinajstić information content (AvgIpc) is 2.53. The Morgan fingerprint density at radius 3 is 2.65 bits per heavy atom. The molecule has 126 valence electrons. The van der Waals surface area contributed by atoms with Gasteiger partial charge in [0.05, 0.1) is 7.11 Å². The van der Waals surface area contributed by atoms with Crippen LogP contribution in [0.4, 0.5) is 0 Å². The van der Waals surface area contributed by atoms with Gasteiger partial charge >= 0.3 is 0 Å². The molecule has 1 aromatic rings. The van der Waals surface area contributed by atoms with Crippen LogP contribution < -0.4 is 15.8 Å². The monoisotopic (exact) mass is 316 g/mol. The molecule has 2 aliphatic rings. The third kappa shape index (κ3) is 3.52. The van der Waals surface area contributed by atoms with Crippen LogP contribution in [-0.2, 0) is 11.3 Å². The van der Waals surface area contributed by atoms with Crippen molar-refractivity contribution in [2.75, 3.05) is 7.11 Å². The molecule has 0 saturated heterocycles. The third-order valence-electron chi connectivity index (χ3n) is 5.68. The van der Waals surface area contributed by atoms with Gasteiger partial charge in [0.15, 0.2) is 0 Å². The largest absolute Gasteiger partial charge is 0.496 e. The molecule has 2 unspecified atom stereocenters. The lowest BCUT2D eigenvalue weighted by Gasteiger charge is -2.43. The van der Waals surface area contributed by atoms with Crippen LogP contribution in [0.2, 0.25) is 0 Å². The van der Waals surface area contributed by atoms with Crippen LogP contribution in [0.5, 0.6) is 5.75 Å². The maximum Gasteiger partial charge on any atom is 0.223 e. The van der Waals surface area contributed by atoms with Crippen LogP contribution in [-0.4, -0.2) is 19.1 Å². The predicted octanol–water partition coefficient (Wildman–Crippen LogP) is 2.77. The fourth-order valence-corrected chi connectivity index (χ4v) is 4.33. The summed E-state index contributed by atoms with van der Waals surface area (Å²) < 4.78 is 5.41. The number of amides is 1. The summed E-state index contributed by atoms with van der Waals surface area (Å²) in [5, 5.41) is 3.11. The molecular weight excluding hydrogens is 288 g/mol. The number of nitrogens with two attached hydrogens (primary N) is 1. The highest BCUT2D eigenvalue weighted by Crippen LogP contribution is 2.41. The summed E-state index contributed by atoms with van der Waals surface area (Å²) in [5.41, 5.74) is 8.50. The smallest absolute Gasteiger partial charge is 0.223 e. The van der Waals surface area contributed by atoms with Crippen LogP contribution in [0, 0.1) is 24.7 Å². The molecule has 1 amide bonds. The van der Waals surface area contributed by atoms with Crippen molar-refractivity contribution in [3.8, 4) is 5.75 Å². The number of rotatable bonds is 4. The van der Waals surface area contributed by atoms with E-state index in [4.69, 9.17) is 10.5 Å². The van der Waals surface area contributed by atoms with Gasteiger partial charge in [0.2, 0.25) is 5.91 Å². The topological polar surface area (TPSA) is 64.3 Å². The summed E-state index contributed by atoms with van der Waals surface area (Å²) in [6, 6.07) is 6.39. The molecule has 23 heavy (non-hydrogen) atoms. The molecule has 4 nitrogen and oxygen atoms in total. The van der Waals surface area contributed by atoms with Crippen molar-refractivity contribution >= 4 is 5.91 Å². The van der Waals surface area contributed by atoms with Crippen molar-refractivity contribution in [1.29, 1.82) is 0 Å². The van der Waals surface area contributed by atoms with Crippen molar-refractivity contribution < 1.29 is 9.53 Å². The second kappa shape index (κ2) is 6.91. The SMILES string of the molecule is COc1cc(C)ccc1CNC(=O)C1CC2CCCC(C1)C2N. The summed E-state index contributed by atoms with van der Waals surface area (Å²) in [7, 11) is 1.67. The minimum absolute atomic E-state index is 0.126. The highest BCUT2D eigenvalue weighted by atomic mass is 16.5. The number of methoxy groups -OCH3 is 1. The van der Waals surface area contributed by atoms with Crippen molar-refractivity contribution in [3.05, 3.63) is 29.3 Å². The fourth-order valence-electron chi connectivity index (χ4n) is 4.33. The van der Waals surface area contributed by atoms with Gasteiger partial charge in [-0.3, -0.25) is 4.79 Å². The molecule has 0 aromatic heterocycles. The Morgan fingerprint density at radius 1 is 1.30 bits per heavy atom. The molecule has 0 aliphatic heterocycles. The molecule has 2 bridgehead atoms. The van der Waals surface area contributed by atoms with E-state index in [-0.39, 0.29) is 11.8 Å². The molecule has 0 spiro atoms. The lowest BCUT2D eigenvalue weighted by atomic mass is 9.65. The van der Waals surface area contributed by atoms with Crippen LogP contribution in [0.3, 0.4) is 0 Å². The van der Waals surface area contributed by atoms with E-state index in [1.807, 2.05) is 25.1 Å². The average molecular weight is 316 g/mol. The third-order valence-corrected chi connectivity index (χ3v) is 5.68. The van der Waals surface area contributed by atoms with Crippen molar-refractivity contribution in [2.24, 2.45) is 23.5 Å². The highest BCUT2D eigenvalue weighted by molar-refractivity contribution is 5.78.